The number of halogens is 1. The molecule has 1 unspecified atom stereocenters. The Kier molecular flexibility index (Phi) is 11.8. The smallest absolute Gasteiger partial charge is 0.241 e. The number of carbonyl (C=O) groups excluding carboxylic acids is 1. The highest BCUT2D eigenvalue weighted by molar-refractivity contribution is 14.0. The molecule has 0 aliphatic carbocycles. The van der Waals surface area contributed by atoms with Gasteiger partial charge in [0.1, 0.15) is 6.54 Å². The minimum Gasteiger partial charge on any atom is -0.383 e. The molecular weight excluding hydrogens is 457 g/mol. The van der Waals surface area contributed by atoms with Crippen LogP contribution in [0.2, 0.25) is 0 Å². The second-order valence-electron chi connectivity index (χ2n) is 6.30. The molecule has 27 heavy (non-hydrogen) atoms. The van der Waals surface area contributed by atoms with Crippen molar-refractivity contribution in [3.63, 3.8) is 0 Å². The molecule has 152 valence electrons. The zero-order valence-corrected chi connectivity index (χ0v) is 18.6. The number of rotatable bonds is 8. The molecule has 2 rings (SSSR count). The van der Waals surface area contributed by atoms with E-state index in [1.165, 1.54) is 5.69 Å². The number of amides is 1. The molecule has 3 N–H and O–H groups in total. The van der Waals surface area contributed by atoms with Gasteiger partial charge in [0.25, 0.3) is 0 Å². The van der Waals surface area contributed by atoms with E-state index in [-0.39, 0.29) is 36.4 Å². The van der Waals surface area contributed by atoms with Crippen LogP contribution < -0.4 is 20.9 Å². The fourth-order valence-electron chi connectivity index (χ4n) is 2.98. The predicted octanol–water partition coefficient (Wildman–Crippen LogP) is 1.59. The van der Waals surface area contributed by atoms with Gasteiger partial charge in [-0.25, -0.2) is 4.99 Å². The molecule has 1 saturated heterocycles. The van der Waals surface area contributed by atoms with Crippen LogP contribution in [0.25, 0.3) is 0 Å². The Hall–Kier alpha value is -1.55. The standard InChI is InChI=1S/C19H31N5O2.HI/c1-3-20-19(22-14-18(25)21-11-13-26-2)23-16-8-7-12-24(15-16)17-9-5-4-6-10-17;/h4-6,9-10,16H,3,7-8,11-15H2,1-2H3,(H,21,25)(H2,20,22,23);1H. The lowest BCUT2D eigenvalue weighted by molar-refractivity contribution is -0.119. The van der Waals surface area contributed by atoms with Crippen molar-refractivity contribution in [2.45, 2.75) is 25.8 Å². The number of nitrogens with zero attached hydrogens (tertiary/aromatic N) is 2. The van der Waals surface area contributed by atoms with Gasteiger partial charge in [0.15, 0.2) is 5.96 Å². The minimum atomic E-state index is -0.103. The Morgan fingerprint density at radius 3 is 2.78 bits per heavy atom. The van der Waals surface area contributed by atoms with Crippen LogP contribution in [0.4, 0.5) is 5.69 Å². The molecule has 1 aromatic carbocycles. The first-order valence-corrected chi connectivity index (χ1v) is 9.33. The van der Waals surface area contributed by atoms with Crippen LogP contribution in [-0.4, -0.2) is 64.3 Å². The molecule has 0 bridgehead atoms. The molecular formula is C19H32IN5O2. The highest BCUT2D eigenvalue weighted by Crippen LogP contribution is 2.19. The van der Waals surface area contributed by atoms with Crippen molar-refractivity contribution in [1.29, 1.82) is 0 Å². The van der Waals surface area contributed by atoms with Gasteiger partial charge in [-0.05, 0) is 31.9 Å². The van der Waals surface area contributed by atoms with Crippen molar-refractivity contribution >= 4 is 41.5 Å². The molecule has 0 spiro atoms. The van der Waals surface area contributed by atoms with Gasteiger partial charge in [-0.1, -0.05) is 18.2 Å². The molecule has 8 heteroatoms. The summed E-state index contributed by atoms with van der Waals surface area (Å²) in [5.41, 5.74) is 1.25. The monoisotopic (exact) mass is 489 g/mol. The van der Waals surface area contributed by atoms with E-state index in [0.29, 0.717) is 25.2 Å². The van der Waals surface area contributed by atoms with Gasteiger partial charge < -0.3 is 25.6 Å². The van der Waals surface area contributed by atoms with Crippen molar-refractivity contribution in [2.75, 3.05) is 51.3 Å². The summed E-state index contributed by atoms with van der Waals surface area (Å²) >= 11 is 0. The van der Waals surface area contributed by atoms with Crippen LogP contribution in [0.15, 0.2) is 35.3 Å². The van der Waals surface area contributed by atoms with Crippen LogP contribution in [-0.2, 0) is 9.53 Å². The first kappa shape index (κ1) is 23.5. The summed E-state index contributed by atoms with van der Waals surface area (Å²) < 4.78 is 4.92. The lowest BCUT2D eigenvalue weighted by atomic mass is 10.1. The summed E-state index contributed by atoms with van der Waals surface area (Å²) in [5, 5.41) is 9.47. The maximum absolute atomic E-state index is 11.8. The van der Waals surface area contributed by atoms with Crippen LogP contribution in [0.5, 0.6) is 0 Å². The highest BCUT2D eigenvalue weighted by Gasteiger charge is 2.20. The molecule has 1 fully saturated rings. The van der Waals surface area contributed by atoms with E-state index in [0.717, 1.165) is 32.5 Å². The zero-order valence-electron chi connectivity index (χ0n) is 16.2. The molecule has 1 aliphatic rings. The van der Waals surface area contributed by atoms with E-state index >= 15 is 0 Å². The van der Waals surface area contributed by atoms with Crippen molar-refractivity contribution in [3.8, 4) is 0 Å². The number of aliphatic imine (C=N–C) groups is 1. The van der Waals surface area contributed by atoms with Crippen molar-refractivity contribution in [2.24, 2.45) is 4.99 Å². The third-order valence-corrected chi connectivity index (χ3v) is 4.24. The van der Waals surface area contributed by atoms with E-state index in [1.807, 2.05) is 13.0 Å². The Morgan fingerprint density at radius 2 is 2.07 bits per heavy atom. The van der Waals surface area contributed by atoms with Gasteiger partial charge >= 0.3 is 0 Å². The van der Waals surface area contributed by atoms with Gasteiger partial charge in [0.2, 0.25) is 5.91 Å². The molecule has 1 amide bonds. The fourth-order valence-corrected chi connectivity index (χ4v) is 2.98. The Labute approximate surface area is 179 Å². The van der Waals surface area contributed by atoms with Gasteiger partial charge in [0, 0.05) is 45.0 Å². The van der Waals surface area contributed by atoms with Crippen LogP contribution >= 0.6 is 24.0 Å². The van der Waals surface area contributed by atoms with E-state index < -0.39 is 0 Å². The second kappa shape index (κ2) is 13.6. The number of para-hydroxylation sites is 1. The molecule has 1 heterocycles. The number of ether oxygens (including phenoxy) is 1. The summed E-state index contributed by atoms with van der Waals surface area (Å²) in [6.45, 7) is 5.88. The summed E-state index contributed by atoms with van der Waals surface area (Å²) in [6, 6.07) is 10.8. The summed E-state index contributed by atoms with van der Waals surface area (Å²) in [7, 11) is 1.61. The lowest BCUT2D eigenvalue weighted by Crippen LogP contribution is -2.51. The molecule has 7 nitrogen and oxygen atoms in total. The van der Waals surface area contributed by atoms with Crippen LogP contribution in [0.1, 0.15) is 19.8 Å². The first-order valence-electron chi connectivity index (χ1n) is 9.33. The fraction of sp³-hybridized carbons (Fsp3) is 0.579. The van der Waals surface area contributed by atoms with E-state index in [9.17, 15) is 4.79 Å². The van der Waals surface area contributed by atoms with Gasteiger partial charge in [-0.2, -0.15) is 0 Å². The molecule has 1 atom stereocenters. The summed E-state index contributed by atoms with van der Waals surface area (Å²) in [6.07, 6.45) is 2.22. The highest BCUT2D eigenvalue weighted by atomic mass is 127. The maximum atomic E-state index is 11.8. The zero-order chi connectivity index (χ0) is 18.6. The summed E-state index contributed by atoms with van der Waals surface area (Å²) in [5.74, 6) is 0.586. The largest absolute Gasteiger partial charge is 0.383 e. The first-order chi connectivity index (χ1) is 12.7. The summed E-state index contributed by atoms with van der Waals surface area (Å²) in [4.78, 5) is 18.6. The number of benzene rings is 1. The number of hydrogen-bond acceptors (Lipinski definition) is 4. The molecule has 0 radical (unpaired) electrons. The number of nitrogens with one attached hydrogen (secondary N) is 3. The minimum absolute atomic E-state index is 0. The SMILES string of the molecule is CCNC(=NCC(=O)NCCOC)NC1CCCN(c2ccccc2)C1.I. The average molecular weight is 489 g/mol. The van der Waals surface area contributed by atoms with Crippen molar-refractivity contribution in [3.05, 3.63) is 30.3 Å². The lowest BCUT2D eigenvalue weighted by Gasteiger charge is -2.35. The van der Waals surface area contributed by atoms with E-state index in [1.54, 1.807) is 7.11 Å². The third kappa shape index (κ3) is 8.79. The van der Waals surface area contributed by atoms with Crippen LogP contribution in [0.3, 0.4) is 0 Å². The van der Waals surface area contributed by atoms with Crippen molar-refractivity contribution in [1.82, 2.24) is 16.0 Å². The Balaban J connectivity index is 0.00000364. The number of carbonyl (C=O) groups is 1. The number of hydrogen-bond donors (Lipinski definition) is 3. The second-order valence-corrected chi connectivity index (χ2v) is 6.30. The van der Waals surface area contributed by atoms with Crippen molar-refractivity contribution < 1.29 is 9.53 Å². The third-order valence-electron chi connectivity index (χ3n) is 4.24. The normalized spacial score (nSPS) is 17.0. The molecule has 0 aromatic heterocycles. The van der Waals surface area contributed by atoms with Crippen LogP contribution in [0, 0.1) is 0 Å². The number of anilines is 1. The predicted molar refractivity (Wildman–Crippen MR) is 121 cm³/mol. The maximum Gasteiger partial charge on any atom is 0.241 e. The van der Waals surface area contributed by atoms with Gasteiger partial charge in [-0.15, -0.1) is 24.0 Å². The Morgan fingerprint density at radius 1 is 1.30 bits per heavy atom. The van der Waals surface area contributed by atoms with Gasteiger partial charge in [-0.3, -0.25) is 4.79 Å². The Bertz CT molecular complexity index is 570. The van der Waals surface area contributed by atoms with Gasteiger partial charge in [0.05, 0.1) is 6.61 Å². The number of guanidine groups is 1. The van der Waals surface area contributed by atoms with E-state index in [4.69, 9.17) is 4.74 Å². The molecule has 1 aliphatic heterocycles. The molecule has 0 saturated carbocycles. The topological polar surface area (TPSA) is 78.0 Å². The average Bonchev–Trinajstić information content (AvgIpc) is 2.67. The van der Waals surface area contributed by atoms with E-state index in [2.05, 4.69) is 50.1 Å². The number of methoxy groups -OCH3 is 1. The molecule has 1 aromatic rings. The number of piperidine rings is 1. The quantitative estimate of drug-likeness (QED) is 0.224.